The lowest BCUT2D eigenvalue weighted by molar-refractivity contribution is -0.117. The largest absolute Gasteiger partial charge is 0.329 e. The third-order valence-electron chi connectivity index (χ3n) is 5.29. The number of fused-ring (bicyclic) bond motifs is 3. The number of para-hydroxylation sites is 2. The zero-order valence-electron chi connectivity index (χ0n) is 14.4. The number of benzene rings is 2. The predicted molar refractivity (Wildman–Crippen MR) is 98.3 cm³/mol. The summed E-state index contributed by atoms with van der Waals surface area (Å²) in [5.74, 6) is 0.917. The molecule has 5 rings (SSSR count). The van der Waals surface area contributed by atoms with Gasteiger partial charge in [-0.15, -0.1) is 0 Å². The Kier molecular flexibility index (Phi) is 3.26. The van der Waals surface area contributed by atoms with Gasteiger partial charge in [-0.3, -0.25) is 9.36 Å². The van der Waals surface area contributed by atoms with Crippen LogP contribution in [0.15, 0.2) is 59.8 Å². The zero-order valence-corrected chi connectivity index (χ0v) is 14.4. The number of rotatable bonds is 1. The van der Waals surface area contributed by atoms with Crippen molar-refractivity contribution < 1.29 is 9.18 Å². The van der Waals surface area contributed by atoms with Gasteiger partial charge in [-0.1, -0.05) is 31.2 Å². The molecule has 1 aliphatic carbocycles. The van der Waals surface area contributed by atoms with Gasteiger partial charge in [0, 0.05) is 17.7 Å². The molecular weight excluding hydrogens is 329 g/mol. The molecule has 26 heavy (non-hydrogen) atoms. The number of anilines is 1. The molecule has 0 fully saturated rings. The van der Waals surface area contributed by atoms with Crippen LogP contribution in [0, 0.1) is 11.7 Å². The first-order valence-corrected chi connectivity index (χ1v) is 8.87. The van der Waals surface area contributed by atoms with Crippen molar-refractivity contribution in [3.63, 3.8) is 0 Å². The molecule has 0 saturated heterocycles. The Morgan fingerprint density at radius 1 is 1.12 bits per heavy atom. The standard InChI is InChI=1S/C21H18FN3O/c1-12-10-16-19(18(26)11-12)20(13-6-8-14(22)9-7-13)25-17-5-3-2-4-15(17)23-21(25)24-16/h2-9,12,20H,10-11H2,1H3,(H,23,24)/t12-,20-/m0/s1. The maximum absolute atomic E-state index is 13.5. The fourth-order valence-corrected chi connectivity index (χ4v) is 4.18. The number of Topliss-reactive ketones (excluding diaryl/α,β-unsaturated/α-hetero) is 1. The molecule has 4 nitrogen and oxygen atoms in total. The molecule has 0 radical (unpaired) electrons. The van der Waals surface area contributed by atoms with Crippen LogP contribution in [0.1, 0.15) is 31.4 Å². The summed E-state index contributed by atoms with van der Waals surface area (Å²) in [5.41, 5.74) is 4.47. The molecule has 5 heteroatoms. The predicted octanol–water partition coefficient (Wildman–Crippen LogP) is 4.44. The minimum absolute atomic E-state index is 0.156. The lowest BCUT2D eigenvalue weighted by Gasteiger charge is -2.35. The third-order valence-corrected chi connectivity index (χ3v) is 5.29. The molecule has 2 atom stereocenters. The van der Waals surface area contributed by atoms with Crippen LogP contribution >= 0.6 is 0 Å². The van der Waals surface area contributed by atoms with Crippen LogP contribution < -0.4 is 5.32 Å². The highest BCUT2D eigenvalue weighted by Gasteiger charge is 2.38. The zero-order chi connectivity index (χ0) is 17.8. The number of halogens is 1. The van der Waals surface area contributed by atoms with Crippen molar-refractivity contribution in [1.29, 1.82) is 0 Å². The van der Waals surface area contributed by atoms with Crippen LogP contribution in [0.5, 0.6) is 0 Å². The summed E-state index contributed by atoms with van der Waals surface area (Å²) in [4.78, 5) is 17.7. The number of allylic oxidation sites excluding steroid dienone is 2. The molecule has 1 aliphatic heterocycles. The van der Waals surface area contributed by atoms with Gasteiger partial charge in [-0.25, -0.2) is 9.37 Å². The van der Waals surface area contributed by atoms with Crippen LogP contribution in [0.25, 0.3) is 11.0 Å². The minimum Gasteiger partial charge on any atom is -0.329 e. The van der Waals surface area contributed by atoms with E-state index in [1.54, 1.807) is 12.1 Å². The third kappa shape index (κ3) is 2.20. The topological polar surface area (TPSA) is 46.9 Å². The maximum atomic E-state index is 13.5. The van der Waals surface area contributed by atoms with E-state index in [0.29, 0.717) is 12.3 Å². The number of carbonyl (C=O) groups is 1. The quantitative estimate of drug-likeness (QED) is 0.708. The number of nitrogens with one attached hydrogen (secondary N) is 1. The van der Waals surface area contributed by atoms with Crippen LogP contribution in [0.3, 0.4) is 0 Å². The molecule has 130 valence electrons. The number of nitrogens with zero attached hydrogens (tertiary/aromatic N) is 2. The second-order valence-electron chi connectivity index (χ2n) is 7.20. The lowest BCUT2D eigenvalue weighted by Crippen LogP contribution is -2.33. The molecule has 0 bridgehead atoms. The van der Waals surface area contributed by atoms with Crippen LogP contribution in [0.2, 0.25) is 0 Å². The Morgan fingerprint density at radius 3 is 2.69 bits per heavy atom. The van der Waals surface area contributed by atoms with Crippen molar-refractivity contribution in [3.8, 4) is 0 Å². The number of aromatic nitrogens is 2. The van der Waals surface area contributed by atoms with E-state index in [4.69, 9.17) is 4.98 Å². The fourth-order valence-electron chi connectivity index (χ4n) is 4.18. The molecule has 0 unspecified atom stereocenters. The van der Waals surface area contributed by atoms with Crippen LogP contribution in [-0.2, 0) is 4.79 Å². The first-order valence-electron chi connectivity index (χ1n) is 8.87. The molecule has 1 N–H and O–H groups in total. The van der Waals surface area contributed by atoms with Gasteiger partial charge in [0.1, 0.15) is 5.82 Å². The van der Waals surface area contributed by atoms with Crippen molar-refractivity contribution in [1.82, 2.24) is 9.55 Å². The molecule has 2 heterocycles. The normalized spacial score (nSPS) is 22.2. The SMILES string of the molecule is C[C@@H]1CC(=O)C2=C(C1)Nc1nc3ccccc3n1[C@H]2c1ccc(F)cc1. The van der Waals surface area contributed by atoms with Crippen LogP contribution in [-0.4, -0.2) is 15.3 Å². The van der Waals surface area contributed by atoms with Crippen molar-refractivity contribution >= 4 is 22.8 Å². The molecular formula is C21H18FN3O. The number of ketones is 1. The fraction of sp³-hybridized carbons (Fsp3) is 0.238. The summed E-state index contributed by atoms with van der Waals surface area (Å²) in [5, 5.41) is 3.40. The van der Waals surface area contributed by atoms with Crippen molar-refractivity contribution in [2.45, 2.75) is 25.8 Å². The van der Waals surface area contributed by atoms with Crippen molar-refractivity contribution in [2.75, 3.05) is 5.32 Å². The molecule has 0 saturated carbocycles. The smallest absolute Gasteiger partial charge is 0.209 e. The second kappa shape index (κ2) is 5.53. The van der Waals surface area contributed by atoms with Gasteiger partial charge in [-0.2, -0.15) is 0 Å². The average Bonchev–Trinajstić information content (AvgIpc) is 2.98. The first kappa shape index (κ1) is 15.3. The van der Waals surface area contributed by atoms with Crippen molar-refractivity contribution in [3.05, 3.63) is 71.2 Å². The number of hydrogen-bond acceptors (Lipinski definition) is 3. The summed E-state index contributed by atoms with van der Waals surface area (Å²) in [6.07, 6.45) is 1.36. The van der Waals surface area contributed by atoms with E-state index in [0.717, 1.165) is 40.2 Å². The van der Waals surface area contributed by atoms with Gasteiger partial charge in [0.15, 0.2) is 5.78 Å². The molecule has 2 aromatic carbocycles. The highest BCUT2D eigenvalue weighted by Crippen LogP contribution is 2.43. The van der Waals surface area contributed by atoms with Gasteiger partial charge < -0.3 is 5.32 Å². The second-order valence-corrected chi connectivity index (χ2v) is 7.20. The molecule has 1 aromatic heterocycles. The number of carbonyl (C=O) groups excluding carboxylic acids is 1. The summed E-state index contributed by atoms with van der Waals surface area (Å²) >= 11 is 0. The Bertz CT molecular complexity index is 1060. The highest BCUT2D eigenvalue weighted by molar-refractivity contribution is 6.00. The van der Waals surface area contributed by atoms with E-state index in [1.165, 1.54) is 12.1 Å². The van der Waals surface area contributed by atoms with Crippen LogP contribution in [0.4, 0.5) is 10.3 Å². The molecule has 3 aromatic rings. The van der Waals surface area contributed by atoms with Gasteiger partial charge in [0.25, 0.3) is 0 Å². The van der Waals surface area contributed by atoms with Gasteiger partial charge in [-0.05, 0) is 42.2 Å². The van der Waals surface area contributed by atoms with Gasteiger partial charge >= 0.3 is 0 Å². The lowest BCUT2D eigenvalue weighted by atomic mass is 9.81. The summed E-state index contributed by atoms with van der Waals surface area (Å²) in [7, 11) is 0. The summed E-state index contributed by atoms with van der Waals surface area (Å²) in [6.45, 7) is 2.09. The summed E-state index contributed by atoms with van der Waals surface area (Å²) < 4.78 is 15.6. The Morgan fingerprint density at radius 2 is 1.88 bits per heavy atom. The number of hydrogen-bond donors (Lipinski definition) is 1. The first-order chi connectivity index (χ1) is 12.6. The van der Waals surface area contributed by atoms with E-state index in [2.05, 4.69) is 16.8 Å². The molecule has 0 amide bonds. The van der Waals surface area contributed by atoms with Gasteiger partial charge in [0.2, 0.25) is 5.95 Å². The van der Waals surface area contributed by atoms with Gasteiger partial charge in [0.05, 0.1) is 17.1 Å². The Hall–Kier alpha value is -2.95. The van der Waals surface area contributed by atoms with E-state index >= 15 is 0 Å². The maximum Gasteiger partial charge on any atom is 0.209 e. The van der Waals surface area contributed by atoms with E-state index < -0.39 is 0 Å². The molecule has 0 spiro atoms. The molecule has 2 aliphatic rings. The van der Waals surface area contributed by atoms with Crippen molar-refractivity contribution in [2.24, 2.45) is 5.92 Å². The monoisotopic (exact) mass is 347 g/mol. The Balaban J connectivity index is 1.79. The van der Waals surface area contributed by atoms with E-state index in [1.807, 2.05) is 24.3 Å². The van der Waals surface area contributed by atoms with E-state index in [9.17, 15) is 9.18 Å². The summed E-state index contributed by atoms with van der Waals surface area (Å²) in [6, 6.07) is 14.0. The highest BCUT2D eigenvalue weighted by atomic mass is 19.1. The Labute approximate surface area is 150 Å². The number of imidazole rings is 1. The minimum atomic E-state index is -0.283. The van der Waals surface area contributed by atoms with E-state index in [-0.39, 0.29) is 17.6 Å². The average molecular weight is 347 g/mol.